The third kappa shape index (κ3) is 5.96. The summed E-state index contributed by atoms with van der Waals surface area (Å²) in [5.74, 6) is 0.619. The molecule has 1 aromatic heterocycles. The molecule has 3 aliphatic heterocycles. The lowest BCUT2D eigenvalue weighted by atomic mass is 9.75. The summed E-state index contributed by atoms with van der Waals surface area (Å²) < 4.78 is 29.4. The van der Waals surface area contributed by atoms with Gasteiger partial charge in [-0.1, -0.05) is 44.2 Å². The molecule has 0 spiro atoms. The van der Waals surface area contributed by atoms with Crippen LogP contribution in [0, 0.1) is 11.8 Å². The Kier molecular flexibility index (Phi) is 8.66. The van der Waals surface area contributed by atoms with Crippen molar-refractivity contribution in [3.63, 3.8) is 0 Å². The minimum atomic E-state index is -0.729. The van der Waals surface area contributed by atoms with E-state index in [1.54, 1.807) is 7.11 Å². The number of amides is 2. The maximum Gasteiger partial charge on any atom is 0.494 e. The Morgan fingerprint density at radius 3 is 2.55 bits per heavy atom. The van der Waals surface area contributed by atoms with Crippen molar-refractivity contribution in [2.45, 2.75) is 89.9 Å². The average molecular weight is 671 g/mol. The first-order chi connectivity index (χ1) is 23.3. The molecule has 5 atom stereocenters. The number of rotatable bonds is 7. The summed E-state index contributed by atoms with van der Waals surface area (Å²) in [7, 11) is 2.55. The molecule has 1 aliphatic carbocycles. The second kappa shape index (κ2) is 12.6. The fraction of sp³-hybridized carbons (Fsp3) is 0.541. The van der Waals surface area contributed by atoms with Crippen LogP contribution in [0.5, 0.6) is 0 Å². The number of fused-ring (bicyclic) bond motifs is 6. The number of nitrogens with zero attached hydrogens (tertiary/aromatic N) is 2. The Morgan fingerprint density at radius 2 is 1.86 bits per heavy atom. The molecule has 0 saturated carbocycles. The zero-order valence-corrected chi connectivity index (χ0v) is 29.7. The Balaban J connectivity index is 1.20. The molecule has 2 aromatic carbocycles. The lowest BCUT2D eigenvalue weighted by Crippen LogP contribution is -2.51. The first-order valence-corrected chi connectivity index (χ1v) is 17.3. The Bertz CT molecular complexity index is 1890. The SMILES string of the molecule is COC[C@H]1C[C@@H](c2nc3c4c(ccc3[nH]2)=CC2c3ccc(B5OC(C)(C)C(C)(C)O5)cc3COC2C=4)N(C(=O)[C@@H](NC(=O)OC)C(C)C)C1. The topological polar surface area (TPSA) is 124 Å². The number of carbonyl (C=O) groups excluding carboxylic acids is 2. The highest BCUT2D eigenvalue weighted by atomic mass is 16.7. The maximum absolute atomic E-state index is 14.0. The van der Waals surface area contributed by atoms with Crippen LogP contribution in [0.25, 0.3) is 23.2 Å². The van der Waals surface area contributed by atoms with Gasteiger partial charge >= 0.3 is 13.2 Å². The Labute approximate surface area is 287 Å². The van der Waals surface area contributed by atoms with Gasteiger partial charge in [0.2, 0.25) is 5.91 Å². The van der Waals surface area contributed by atoms with Crippen LogP contribution in [0.15, 0.2) is 30.3 Å². The second-order valence-corrected chi connectivity index (χ2v) is 15.2. The number of hydrogen-bond donors (Lipinski definition) is 2. The van der Waals surface area contributed by atoms with Crippen molar-refractivity contribution < 1.29 is 33.1 Å². The van der Waals surface area contributed by atoms with Crippen LogP contribution in [0.3, 0.4) is 0 Å². The summed E-state index contributed by atoms with van der Waals surface area (Å²) in [6, 6.07) is 9.63. The monoisotopic (exact) mass is 670 g/mol. The summed E-state index contributed by atoms with van der Waals surface area (Å²) in [4.78, 5) is 36.6. The largest absolute Gasteiger partial charge is 0.494 e. The van der Waals surface area contributed by atoms with E-state index in [9.17, 15) is 9.59 Å². The lowest BCUT2D eigenvalue weighted by molar-refractivity contribution is -0.135. The van der Waals surface area contributed by atoms with Gasteiger partial charge in [0.25, 0.3) is 0 Å². The van der Waals surface area contributed by atoms with Gasteiger partial charge in [-0.05, 0) is 74.0 Å². The number of aromatic amines is 1. The number of carbonyl (C=O) groups is 2. The predicted octanol–water partition coefficient (Wildman–Crippen LogP) is 3.04. The van der Waals surface area contributed by atoms with Crippen molar-refractivity contribution in [3.8, 4) is 0 Å². The van der Waals surface area contributed by atoms with E-state index in [0.717, 1.165) is 38.3 Å². The van der Waals surface area contributed by atoms with Gasteiger partial charge in [-0.2, -0.15) is 0 Å². The highest BCUT2D eigenvalue weighted by Crippen LogP contribution is 2.39. The molecule has 2 unspecified atom stereocenters. The van der Waals surface area contributed by atoms with Crippen LogP contribution in [0.4, 0.5) is 4.79 Å². The van der Waals surface area contributed by atoms with Crippen molar-refractivity contribution in [2.75, 3.05) is 27.4 Å². The second-order valence-electron chi connectivity index (χ2n) is 15.2. The van der Waals surface area contributed by atoms with Gasteiger partial charge < -0.3 is 38.7 Å². The van der Waals surface area contributed by atoms with Crippen LogP contribution in [-0.4, -0.2) is 84.7 Å². The van der Waals surface area contributed by atoms with Gasteiger partial charge in [-0.25, -0.2) is 9.78 Å². The maximum atomic E-state index is 14.0. The smallest absolute Gasteiger partial charge is 0.453 e. The molecule has 49 heavy (non-hydrogen) atoms. The predicted molar refractivity (Wildman–Crippen MR) is 186 cm³/mol. The number of aromatic nitrogens is 2. The number of methoxy groups -OCH3 is 2. The van der Waals surface area contributed by atoms with Crippen molar-refractivity contribution >= 4 is 47.8 Å². The van der Waals surface area contributed by atoms with E-state index in [-0.39, 0.29) is 35.8 Å². The normalized spacial score (nSPS) is 25.7. The minimum Gasteiger partial charge on any atom is -0.453 e. The fourth-order valence-corrected chi connectivity index (χ4v) is 7.63. The summed E-state index contributed by atoms with van der Waals surface area (Å²) in [5, 5.41) is 4.85. The standard InChI is InChI=1S/C37H47BN4O7/c1-20(2)31(41-35(44)46-8)34(43)42-17-21(18-45-7)13-29(42)33-39-28-12-9-22-15-27-25-11-10-24(38-48-36(3,4)37(5,6)49-38)14-23(25)19-47-30(27)16-26(22)32(28)40-33/h9-12,14-16,20-21,27,29-31H,13,17-19H2,1-8H3,(H,39,40)(H,41,44)/t21-,27?,29-,30?,31-/m0/s1. The summed E-state index contributed by atoms with van der Waals surface area (Å²) in [6.07, 6.45) is 4.40. The lowest BCUT2D eigenvalue weighted by Gasteiger charge is -2.32. The van der Waals surface area contributed by atoms with Gasteiger partial charge in [0.15, 0.2) is 0 Å². The molecule has 11 nitrogen and oxygen atoms in total. The van der Waals surface area contributed by atoms with Gasteiger partial charge in [0, 0.05) is 30.7 Å². The van der Waals surface area contributed by atoms with Crippen LogP contribution in [0.2, 0.25) is 0 Å². The molecule has 3 aromatic rings. The third-order valence-corrected chi connectivity index (χ3v) is 11.1. The molecular weight excluding hydrogens is 623 g/mol. The van der Waals surface area contributed by atoms with Gasteiger partial charge in [-0.3, -0.25) is 4.79 Å². The number of alkyl carbamates (subject to hydrolysis) is 1. The molecular formula is C37H47BN4O7. The van der Waals surface area contributed by atoms with E-state index in [0.29, 0.717) is 26.2 Å². The van der Waals surface area contributed by atoms with E-state index < -0.39 is 30.5 Å². The number of H-pyrrole nitrogens is 1. The summed E-state index contributed by atoms with van der Waals surface area (Å²) >= 11 is 0. The average Bonchev–Trinajstić information content (AvgIpc) is 3.75. The fourth-order valence-electron chi connectivity index (χ4n) is 7.63. The quantitative estimate of drug-likeness (QED) is 0.368. The van der Waals surface area contributed by atoms with Gasteiger partial charge in [0.1, 0.15) is 11.9 Å². The molecule has 4 aliphatic rings. The number of benzene rings is 2. The van der Waals surface area contributed by atoms with E-state index in [1.807, 2.05) is 18.7 Å². The first kappa shape index (κ1) is 33.8. The summed E-state index contributed by atoms with van der Waals surface area (Å²) in [5.41, 5.74) is 4.32. The Morgan fingerprint density at radius 1 is 1.10 bits per heavy atom. The summed E-state index contributed by atoms with van der Waals surface area (Å²) in [6.45, 7) is 13.6. The molecule has 2 saturated heterocycles. The molecule has 260 valence electrons. The number of nitrogens with one attached hydrogen (secondary N) is 2. The van der Waals surface area contributed by atoms with Crippen LogP contribution in [0.1, 0.15) is 76.9 Å². The van der Waals surface area contributed by atoms with Gasteiger partial charge in [0.05, 0.1) is 54.7 Å². The van der Waals surface area contributed by atoms with Crippen molar-refractivity contribution in [2.24, 2.45) is 11.8 Å². The van der Waals surface area contributed by atoms with Crippen molar-refractivity contribution in [1.82, 2.24) is 20.2 Å². The van der Waals surface area contributed by atoms with Gasteiger partial charge in [-0.15, -0.1) is 0 Å². The molecule has 4 heterocycles. The van der Waals surface area contributed by atoms with E-state index in [2.05, 4.69) is 80.5 Å². The zero-order chi connectivity index (χ0) is 34.8. The highest BCUT2D eigenvalue weighted by molar-refractivity contribution is 6.62. The number of imidazole rings is 1. The third-order valence-electron chi connectivity index (χ3n) is 11.1. The number of hydrogen-bond acceptors (Lipinski definition) is 8. The highest BCUT2D eigenvalue weighted by Gasteiger charge is 2.52. The molecule has 7 rings (SSSR count). The first-order valence-electron chi connectivity index (χ1n) is 17.3. The van der Waals surface area contributed by atoms with E-state index in [1.165, 1.54) is 12.7 Å². The molecule has 0 radical (unpaired) electrons. The van der Waals surface area contributed by atoms with Crippen LogP contribution in [-0.2, 0) is 34.9 Å². The molecule has 2 N–H and O–H groups in total. The van der Waals surface area contributed by atoms with Crippen LogP contribution < -0.4 is 21.2 Å². The molecule has 2 fully saturated rings. The molecule has 2 amide bonds. The van der Waals surface area contributed by atoms with Crippen LogP contribution >= 0.6 is 0 Å². The van der Waals surface area contributed by atoms with Crippen molar-refractivity contribution in [3.05, 3.63) is 57.7 Å². The van der Waals surface area contributed by atoms with Crippen molar-refractivity contribution in [1.29, 1.82) is 0 Å². The number of likely N-dealkylation sites (tertiary alicyclic amines) is 1. The number of ether oxygens (including phenoxy) is 3. The Hall–Kier alpha value is -3.71. The zero-order valence-electron chi connectivity index (χ0n) is 29.7. The molecule has 12 heteroatoms. The van der Waals surface area contributed by atoms with E-state index in [4.69, 9.17) is 28.5 Å². The molecule has 0 bridgehead atoms. The minimum absolute atomic E-state index is 0.0625. The van der Waals surface area contributed by atoms with E-state index >= 15 is 0 Å².